The van der Waals surface area contributed by atoms with Crippen molar-refractivity contribution in [1.82, 2.24) is 4.90 Å². The van der Waals surface area contributed by atoms with E-state index in [1.165, 1.54) is 24.3 Å². The second kappa shape index (κ2) is 8.04. The van der Waals surface area contributed by atoms with Crippen LogP contribution in [0.4, 0.5) is 18.9 Å². The summed E-state index contributed by atoms with van der Waals surface area (Å²) in [4.78, 5) is 26.9. The lowest BCUT2D eigenvalue weighted by Crippen LogP contribution is -2.39. The lowest BCUT2D eigenvalue weighted by molar-refractivity contribution is -0.137. The standard InChI is InChI=1S/C21H21F3N2O2/c1-14-5-4-10-26(13-14)20(28)16-7-2-6-15(11-16)19(27)25-18-9-3-8-17(12-18)21(22,23)24/h2-3,6-9,11-12,14H,4-5,10,13H2,1H3,(H,25,27). The second-order valence-corrected chi connectivity index (χ2v) is 7.11. The number of piperidine rings is 1. The molecule has 28 heavy (non-hydrogen) atoms. The number of amides is 2. The average molecular weight is 390 g/mol. The number of hydrogen-bond donors (Lipinski definition) is 1. The fourth-order valence-electron chi connectivity index (χ4n) is 3.33. The molecule has 1 aliphatic rings. The number of nitrogens with one attached hydrogen (secondary N) is 1. The third-order valence-electron chi connectivity index (χ3n) is 4.76. The van der Waals surface area contributed by atoms with Crippen LogP contribution in [-0.2, 0) is 6.18 Å². The lowest BCUT2D eigenvalue weighted by atomic mass is 9.99. The topological polar surface area (TPSA) is 49.4 Å². The summed E-state index contributed by atoms with van der Waals surface area (Å²) in [7, 11) is 0. The zero-order chi connectivity index (χ0) is 20.3. The van der Waals surface area contributed by atoms with Crippen LogP contribution in [-0.4, -0.2) is 29.8 Å². The molecule has 2 aromatic carbocycles. The fraction of sp³-hybridized carbons (Fsp3) is 0.333. The Morgan fingerprint density at radius 2 is 1.79 bits per heavy atom. The third-order valence-corrected chi connectivity index (χ3v) is 4.76. The van der Waals surface area contributed by atoms with Gasteiger partial charge in [0, 0.05) is 29.9 Å². The smallest absolute Gasteiger partial charge is 0.338 e. The molecule has 1 atom stereocenters. The number of anilines is 1. The lowest BCUT2D eigenvalue weighted by Gasteiger charge is -2.31. The van der Waals surface area contributed by atoms with E-state index in [1.807, 2.05) is 0 Å². The maximum atomic E-state index is 12.8. The monoisotopic (exact) mass is 390 g/mol. The number of carbonyl (C=O) groups is 2. The van der Waals surface area contributed by atoms with Gasteiger partial charge in [-0.1, -0.05) is 19.1 Å². The Labute approximate surface area is 161 Å². The highest BCUT2D eigenvalue weighted by molar-refractivity contribution is 6.06. The van der Waals surface area contributed by atoms with E-state index in [0.29, 0.717) is 24.6 Å². The van der Waals surface area contributed by atoms with Crippen molar-refractivity contribution in [3.63, 3.8) is 0 Å². The zero-order valence-corrected chi connectivity index (χ0v) is 15.4. The summed E-state index contributed by atoms with van der Waals surface area (Å²) in [5.74, 6) is -0.272. The number of carbonyl (C=O) groups excluding carboxylic acids is 2. The molecule has 1 aliphatic heterocycles. The highest BCUT2D eigenvalue weighted by Gasteiger charge is 2.30. The van der Waals surface area contributed by atoms with Crippen molar-refractivity contribution in [3.05, 3.63) is 65.2 Å². The van der Waals surface area contributed by atoms with Gasteiger partial charge in [-0.3, -0.25) is 9.59 Å². The number of likely N-dealkylation sites (tertiary alicyclic amines) is 1. The summed E-state index contributed by atoms with van der Waals surface area (Å²) in [6, 6.07) is 10.7. The van der Waals surface area contributed by atoms with E-state index in [1.54, 1.807) is 17.0 Å². The molecule has 1 heterocycles. The predicted molar refractivity (Wildman–Crippen MR) is 100 cm³/mol. The summed E-state index contributed by atoms with van der Waals surface area (Å²) in [6.45, 7) is 3.46. The van der Waals surface area contributed by atoms with E-state index < -0.39 is 17.6 Å². The van der Waals surface area contributed by atoms with Gasteiger partial charge in [-0.2, -0.15) is 13.2 Å². The summed E-state index contributed by atoms with van der Waals surface area (Å²) < 4.78 is 38.5. The Balaban J connectivity index is 1.75. The fourth-order valence-corrected chi connectivity index (χ4v) is 3.33. The molecule has 3 rings (SSSR count). The summed E-state index contributed by atoms with van der Waals surface area (Å²) in [5.41, 5.74) is -0.186. The minimum absolute atomic E-state index is 0.0430. The number of nitrogens with zero attached hydrogens (tertiary/aromatic N) is 1. The van der Waals surface area contributed by atoms with Gasteiger partial charge in [0.25, 0.3) is 11.8 Å². The normalized spacial score (nSPS) is 17.3. The number of halogens is 3. The molecular weight excluding hydrogens is 369 g/mol. The Morgan fingerprint density at radius 1 is 1.07 bits per heavy atom. The van der Waals surface area contributed by atoms with Crippen molar-refractivity contribution < 1.29 is 22.8 Å². The van der Waals surface area contributed by atoms with Gasteiger partial charge in [0.05, 0.1) is 5.56 Å². The molecule has 2 aromatic rings. The van der Waals surface area contributed by atoms with Crippen molar-refractivity contribution in [2.24, 2.45) is 5.92 Å². The maximum absolute atomic E-state index is 12.8. The van der Waals surface area contributed by atoms with Gasteiger partial charge >= 0.3 is 6.18 Å². The van der Waals surface area contributed by atoms with Gasteiger partial charge in [-0.05, 0) is 55.2 Å². The van der Waals surface area contributed by atoms with Gasteiger partial charge in [0.15, 0.2) is 0 Å². The molecule has 0 saturated carbocycles. The first-order valence-corrected chi connectivity index (χ1v) is 9.12. The van der Waals surface area contributed by atoms with Crippen LogP contribution in [0.5, 0.6) is 0 Å². The van der Waals surface area contributed by atoms with Gasteiger partial charge in [0.1, 0.15) is 0 Å². The number of benzene rings is 2. The van der Waals surface area contributed by atoms with Crippen LogP contribution in [0.2, 0.25) is 0 Å². The first kappa shape index (κ1) is 19.9. The maximum Gasteiger partial charge on any atom is 0.416 e. The highest BCUT2D eigenvalue weighted by Crippen LogP contribution is 2.30. The third kappa shape index (κ3) is 4.71. The SMILES string of the molecule is CC1CCCN(C(=O)c2cccc(C(=O)Nc3cccc(C(F)(F)F)c3)c2)C1. The van der Waals surface area contributed by atoms with Crippen LogP contribution in [0.3, 0.4) is 0 Å². The van der Waals surface area contributed by atoms with Gasteiger partial charge in [0.2, 0.25) is 0 Å². The largest absolute Gasteiger partial charge is 0.416 e. The summed E-state index contributed by atoms with van der Waals surface area (Å²) in [6.07, 6.45) is -2.45. The molecule has 1 fully saturated rings. The molecule has 0 bridgehead atoms. The Hall–Kier alpha value is -2.83. The Kier molecular flexibility index (Phi) is 5.72. The molecule has 0 aromatic heterocycles. The van der Waals surface area contributed by atoms with Gasteiger partial charge in [-0.25, -0.2) is 0 Å². The van der Waals surface area contributed by atoms with Gasteiger partial charge in [-0.15, -0.1) is 0 Å². The molecule has 148 valence electrons. The Morgan fingerprint density at radius 3 is 2.50 bits per heavy atom. The van der Waals surface area contributed by atoms with Crippen molar-refractivity contribution in [2.45, 2.75) is 25.9 Å². The Bertz CT molecular complexity index is 880. The molecule has 0 aliphatic carbocycles. The summed E-state index contributed by atoms with van der Waals surface area (Å²) in [5, 5.41) is 2.46. The number of hydrogen-bond acceptors (Lipinski definition) is 2. The van der Waals surface area contributed by atoms with E-state index in [0.717, 1.165) is 25.0 Å². The van der Waals surface area contributed by atoms with E-state index in [9.17, 15) is 22.8 Å². The second-order valence-electron chi connectivity index (χ2n) is 7.11. The minimum atomic E-state index is -4.49. The molecule has 1 unspecified atom stereocenters. The highest BCUT2D eigenvalue weighted by atomic mass is 19.4. The molecule has 1 N–H and O–H groups in total. The van der Waals surface area contributed by atoms with Crippen molar-refractivity contribution >= 4 is 17.5 Å². The number of alkyl halides is 3. The van der Waals surface area contributed by atoms with E-state index in [-0.39, 0.29) is 17.2 Å². The first-order chi connectivity index (χ1) is 13.2. The molecular formula is C21H21F3N2O2. The van der Waals surface area contributed by atoms with Crippen molar-refractivity contribution in [1.29, 1.82) is 0 Å². The van der Waals surface area contributed by atoms with Crippen LogP contribution >= 0.6 is 0 Å². The van der Waals surface area contributed by atoms with E-state index in [4.69, 9.17) is 0 Å². The average Bonchev–Trinajstić information content (AvgIpc) is 2.67. The van der Waals surface area contributed by atoms with Crippen LogP contribution < -0.4 is 5.32 Å². The molecule has 0 spiro atoms. The predicted octanol–water partition coefficient (Wildman–Crippen LogP) is 4.83. The molecule has 1 saturated heterocycles. The molecule has 2 amide bonds. The van der Waals surface area contributed by atoms with Crippen LogP contribution in [0.15, 0.2) is 48.5 Å². The molecule has 4 nitrogen and oxygen atoms in total. The van der Waals surface area contributed by atoms with Gasteiger partial charge < -0.3 is 10.2 Å². The zero-order valence-electron chi connectivity index (χ0n) is 15.4. The first-order valence-electron chi connectivity index (χ1n) is 9.12. The van der Waals surface area contributed by atoms with Crippen LogP contribution in [0, 0.1) is 5.92 Å². The van der Waals surface area contributed by atoms with Crippen LogP contribution in [0.1, 0.15) is 46.0 Å². The van der Waals surface area contributed by atoms with Crippen molar-refractivity contribution in [3.8, 4) is 0 Å². The van der Waals surface area contributed by atoms with E-state index in [2.05, 4.69) is 12.2 Å². The minimum Gasteiger partial charge on any atom is -0.338 e. The quantitative estimate of drug-likeness (QED) is 0.816. The summed E-state index contributed by atoms with van der Waals surface area (Å²) >= 11 is 0. The van der Waals surface area contributed by atoms with E-state index >= 15 is 0 Å². The number of rotatable bonds is 3. The molecule has 7 heteroatoms. The molecule has 0 radical (unpaired) electrons. The van der Waals surface area contributed by atoms with Crippen molar-refractivity contribution in [2.75, 3.05) is 18.4 Å². The van der Waals surface area contributed by atoms with Crippen LogP contribution in [0.25, 0.3) is 0 Å².